The fourth-order valence-corrected chi connectivity index (χ4v) is 4.01. The molecule has 0 aliphatic carbocycles. The molecule has 33 heavy (non-hydrogen) atoms. The number of ether oxygens (including phenoxy) is 1. The predicted molar refractivity (Wildman–Crippen MR) is 132 cm³/mol. The van der Waals surface area contributed by atoms with E-state index in [-0.39, 0.29) is 5.91 Å². The highest BCUT2D eigenvalue weighted by molar-refractivity contribution is 5.98. The minimum Gasteiger partial charge on any atom is -0.457 e. The molecular weight excluding hydrogens is 412 g/mol. The Morgan fingerprint density at radius 1 is 0.879 bits per heavy atom. The van der Waals surface area contributed by atoms with Crippen molar-refractivity contribution in [3.05, 3.63) is 96.7 Å². The number of benzene rings is 3. The summed E-state index contributed by atoms with van der Waals surface area (Å²) in [6.07, 6.45) is 2.62. The number of carbonyl (C=O) groups excluding carboxylic acids is 1. The van der Waals surface area contributed by atoms with Crippen molar-refractivity contribution in [1.29, 1.82) is 0 Å². The molecule has 0 saturated heterocycles. The number of para-hydroxylation sites is 2. The Balaban J connectivity index is 1.34. The van der Waals surface area contributed by atoms with E-state index in [4.69, 9.17) is 4.74 Å². The Bertz CT molecular complexity index is 1290. The Kier molecular flexibility index (Phi) is 5.64. The van der Waals surface area contributed by atoms with Gasteiger partial charge in [-0.3, -0.25) is 4.79 Å². The van der Waals surface area contributed by atoms with Crippen LogP contribution in [0.4, 0.5) is 28.6 Å². The molecule has 4 aromatic rings. The average Bonchev–Trinajstić information content (AvgIpc) is 3.26. The van der Waals surface area contributed by atoms with Gasteiger partial charge in [0.1, 0.15) is 17.3 Å². The number of amides is 1. The van der Waals surface area contributed by atoms with Crippen LogP contribution in [0.15, 0.2) is 91.1 Å². The van der Waals surface area contributed by atoms with E-state index in [1.807, 2.05) is 83.8 Å². The number of nitrogens with zero attached hydrogens (tertiary/aromatic N) is 2. The number of pyridine rings is 1. The summed E-state index contributed by atoms with van der Waals surface area (Å²) in [6, 6.07) is 27.4. The van der Waals surface area contributed by atoms with E-state index < -0.39 is 0 Å². The Morgan fingerprint density at radius 2 is 1.67 bits per heavy atom. The molecule has 0 saturated carbocycles. The molecule has 5 rings (SSSR count). The van der Waals surface area contributed by atoms with Crippen LogP contribution in [-0.4, -0.2) is 17.4 Å². The first-order valence-electron chi connectivity index (χ1n) is 10.9. The van der Waals surface area contributed by atoms with Gasteiger partial charge in [0.15, 0.2) is 0 Å². The smallest absolute Gasteiger partial charge is 0.223 e. The summed E-state index contributed by atoms with van der Waals surface area (Å²) in [5.41, 5.74) is 4.81. The number of aromatic nitrogens is 1. The lowest BCUT2D eigenvalue weighted by molar-refractivity contribution is -0.116. The van der Waals surface area contributed by atoms with E-state index in [1.54, 1.807) is 13.1 Å². The summed E-state index contributed by atoms with van der Waals surface area (Å²) in [5, 5.41) is 6.80. The van der Waals surface area contributed by atoms with Crippen LogP contribution >= 0.6 is 0 Å². The van der Waals surface area contributed by atoms with Gasteiger partial charge in [-0.25, -0.2) is 4.98 Å². The number of hydrogen-bond donors (Lipinski definition) is 2. The van der Waals surface area contributed by atoms with Crippen molar-refractivity contribution < 1.29 is 9.53 Å². The quantitative estimate of drug-likeness (QED) is 0.373. The highest BCUT2D eigenvalue weighted by atomic mass is 16.5. The van der Waals surface area contributed by atoms with Crippen LogP contribution in [-0.2, 0) is 11.2 Å². The molecule has 6 heteroatoms. The van der Waals surface area contributed by atoms with Gasteiger partial charge in [-0.2, -0.15) is 0 Å². The standard InChI is InChI=1S/C27H24N4O2/c1-19(32)31-16-14-20-7-5-12-25(27(20)31)29-22-13-15-28-26(18-22)30-21-8-6-11-24(17-21)33-23-9-3-2-4-10-23/h2-13,15,17-18H,14,16H2,1H3,(H2,28,29,30). The lowest BCUT2D eigenvalue weighted by atomic mass is 10.1. The van der Waals surface area contributed by atoms with Crippen molar-refractivity contribution in [2.24, 2.45) is 0 Å². The molecule has 1 aliphatic rings. The van der Waals surface area contributed by atoms with E-state index in [1.165, 1.54) is 5.56 Å². The average molecular weight is 437 g/mol. The second kappa shape index (κ2) is 9.04. The summed E-state index contributed by atoms with van der Waals surface area (Å²) in [4.78, 5) is 18.4. The first kappa shape index (κ1) is 20.6. The molecule has 1 amide bonds. The maximum Gasteiger partial charge on any atom is 0.223 e. The van der Waals surface area contributed by atoms with Crippen molar-refractivity contribution >= 4 is 34.5 Å². The third kappa shape index (κ3) is 4.65. The number of carbonyl (C=O) groups is 1. The summed E-state index contributed by atoms with van der Waals surface area (Å²) < 4.78 is 5.93. The summed E-state index contributed by atoms with van der Waals surface area (Å²) in [6.45, 7) is 2.32. The Morgan fingerprint density at radius 3 is 2.52 bits per heavy atom. The van der Waals surface area contributed by atoms with Gasteiger partial charge in [-0.05, 0) is 48.4 Å². The van der Waals surface area contributed by atoms with Crippen molar-refractivity contribution in [2.45, 2.75) is 13.3 Å². The molecule has 2 N–H and O–H groups in total. The van der Waals surface area contributed by atoms with Crippen molar-refractivity contribution in [3.8, 4) is 11.5 Å². The Labute approximate surface area is 192 Å². The molecule has 3 aromatic carbocycles. The van der Waals surface area contributed by atoms with Gasteiger partial charge in [-0.15, -0.1) is 0 Å². The molecular formula is C27H24N4O2. The molecule has 1 aliphatic heterocycles. The predicted octanol–water partition coefficient (Wildman–Crippen LogP) is 6.27. The third-order valence-electron chi connectivity index (χ3n) is 5.50. The highest BCUT2D eigenvalue weighted by Crippen LogP contribution is 2.37. The molecule has 1 aromatic heterocycles. The van der Waals surface area contributed by atoms with E-state index in [0.29, 0.717) is 12.4 Å². The third-order valence-corrected chi connectivity index (χ3v) is 5.50. The van der Waals surface area contributed by atoms with Crippen LogP contribution < -0.4 is 20.3 Å². The fraction of sp³-hybridized carbons (Fsp3) is 0.111. The zero-order valence-corrected chi connectivity index (χ0v) is 18.3. The summed E-state index contributed by atoms with van der Waals surface area (Å²) in [7, 11) is 0. The largest absolute Gasteiger partial charge is 0.457 e. The Hall–Kier alpha value is -4.32. The zero-order valence-electron chi connectivity index (χ0n) is 18.3. The normalized spacial score (nSPS) is 12.2. The van der Waals surface area contributed by atoms with Crippen molar-refractivity contribution in [3.63, 3.8) is 0 Å². The molecule has 2 heterocycles. The van der Waals surface area contributed by atoms with Crippen molar-refractivity contribution in [2.75, 3.05) is 22.1 Å². The summed E-state index contributed by atoms with van der Waals surface area (Å²) in [5.74, 6) is 2.28. The van der Waals surface area contributed by atoms with Crippen LogP contribution in [0.5, 0.6) is 11.5 Å². The van der Waals surface area contributed by atoms with Gasteiger partial charge >= 0.3 is 0 Å². The van der Waals surface area contributed by atoms with E-state index in [2.05, 4.69) is 21.7 Å². The minimum absolute atomic E-state index is 0.0534. The molecule has 0 spiro atoms. The molecule has 0 radical (unpaired) electrons. The van der Waals surface area contributed by atoms with E-state index >= 15 is 0 Å². The van der Waals surface area contributed by atoms with E-state index in [0.717, 1.165) is 40.7 Å². The molecule has 0 atom stereocenters. The number of anilines is 5. The van der Waals surface area contributed by atoms with E-state index in [9.17, 15) is 4.79 Å². The molecule has 0 fully saturated rings. The number of fused-ring (bicyclic) bond motifs is 1. The minimum atomic E-state index is 0.0534. The second-order valence-corrected chi connectivity index (χ2v) is 7.86. The topological polar surface area (TPSA) is 66.5 Å². The van der Waals surface area contributed by atoms with Gasteiger partial charge in [0, 0.05) is 43.2 Å². The highest BCUT2D eigenvalue weighted by Gasteiger charge is 2.25. The monoisotopic (exact) mass is 436 g/mol. The first-order valence-corrected chi connectivity index (χ1v) is 10.9. The maximum absolute atomic E-state index is 12.1. The molecule has 0 bridgehead atoms. The number of nitrogens with one attached hydrogen (secondary N) is 2. The first-order chi connectivity index (χ1) is 16.2. The lowest BCUT2D eigenvalue weighted by Gasteiger charge is -2.19. The van der Waals surface area contributed by atoms with Gasteiger partial charge in [0.2, 0.25) is 5.91 Å². The summed E-state index contributed by atoms with van der Waals surface area (Å²) >= 11 is 0. The second-order valence-electron chi connectivity index (χ2n) is 7.86. The van der Waals surface area contributed by atoms with Crippen LogP contribution in [0.1, 0.15) is 12.5 Å². The number of hydrogen-bond acceptors (Lipinski definition) is 5. The molecule has 6 nitrogen and oxygen atoms in total. The fourth-order valence-electron chi connectivity index (χ4n) is 4.01. The van der Waals surface area contributed by atoms with Crippen molar-refractivity contribution in [1.82, 2.24) is 4.98 Å². The SMILES string of the molecule is CC(=O)N1CCc2cccc(Nc3ccnc(Nc4cccc(Oc5ccccc5)c4)c3)c21. The maximum atomic E-state index is 12.1. The van der Waals surface area contributed by atoms with Gasteiger partial charge in [-0.1, -0.05) is 36.4 Å². The number of rotatable bonds is 6. The van der Waals surface area contributed by atoms with Gasteiger partial charge in [0.05, 0.1) is 11.4 Å². The molecule has 164 valence electrons. The molecule has 0 unspecified atom stereocenters. The lowest BCUT2D eigenvalue weighted by Crippen LogP contribution is -2.26. The van der Waals surface area contributed by atoms with Crippen LogP contribution in [0.25, 0.3) is 0 Å². The van der Waals surface area contributed by atoms with Gasteiger partial charge < -0.3 is 20.3 Å². The van der Waals surface area contributed by atoms with Crippen LogP contribution in [0.2, 0.25) is 0 Å². The zero-order chi connectivity index (χ0) is 22.6. The van der Waals surface area contributed by atoms with Crippen LogP contribution in [0.3, 0.4) is 0 Å². The van der Waals surface area contributed by atoms with Gasteiger partial charge in [0.25, 0.3) is 0 Å². The van der Waals surface area contributed by atoms with Crippen LogP contribution in [0, 0.1) is 0 Å².